The number of imide groups is 1. The monoisotopic (exact) mass is 413 g/mol. The van der Waals surface area contributed by atoms with Crippen LogP contribution in [0.5, 0.6) is 0 Å². The lowest BCUT2D eigenvalue weighted by molar-refractivity contribution is -0.929. The van der Waals surface area contributed by atoms with Gasteiger partial charge in [-0.3, -0.25) is 10.1 Å². The quantitative estimate of drug-likeness (QED) is 0.616. The molecule has 2 heterocycles. The number of thiazole rings is 1. The second-order valence-corrected chi connectivity index (χ2v) is 8.20. The van der Waals surface area contributed by atoms with E-state index < -0.39 is 11.8 Å². The molecule has 3 amide bonds. The van der Waals surface area contributed by atoms with Crippen molar-refractivity contribution >= 4 is 39.2 Å². The number of halogens is 1. The first-order valence-corrected chi connectivity index (χ1v) is 10.5. The van der Waals surface area contributed by atoms with Crippen molar-refractivity contribution in [1.82, 2.24) is 10.3 Å². The number of rotatable bonds is 4. The highest BCUT2D eigenvalue weighted by molar-refractivity contribution is 7.18. The van der Waals surface area contributed by atoms with Crippen molar-refractivity contribution in [3.63, 3.8) is 0 Å². The molecule has 0 saturated carbocycles. The van der Waals surface area contributed by atoms with Crippen LogP contribution in [0.15, 0.2) is 48.5 Å². The van der Waals surface area contributed by atoms with E-state index in [0.29, 0.717) is 0 Å². The average Bonchev–Trinajstić information content (AvgIpc) is 3.14. The smallest absolute Gasteiger partial charge is 0.319 e. The number of aromatic nitrogens is 1. The molecule has 1 unspecified atom stereocenters. The maximum absolute atomic E-state index is 13.6. The van der Waals surface area contributed by atoms with Crippen LogP contribution in [-0.2, 0) is 4.79 Å². The lowest BCUT2D eigenvalue weighted by Crippen LogP contribution is -3.14. The molecule has 3 aromatic rings. The topological polar surface area (TPSA) is 75.5 Å². The first-order chi connectivity index (χ1) is 14.1. The van der Waals surface area contributed by atoms with Crippen LogP contribution in [0.2, 0.25) is 0 Å². The number of piperidine rings is 1. The second-order valence-electron chi connectivity index (χ2n) is 7.14. The number of urea groups is 1. The van der Waals surface area contributed by atoms with Gasteiger partial charge in [-0.15, -0.1) is 11.3 Å². The average molecular weight is 413 g/mol. The summed E-state index contributed by atoms with van der Waals surface area (Å²) in [6, 6.07) is 13.3. The molecule has 1 aromatic heterocycles. The van der Waals surface area contributed by atoms with E-state index in [-0.39, 0.29) is 24.2 Å². The summed E-state index contributed by atoms with van der Waals surface area (Å²) < 4.78 is 14.8. The summed E-state index contributed by atoms with van der Waals surface area (Å²) in [5.41, 5.74) is 1.02. The SMILES string of the molecule is O=C(C[NH+]1CCCC[C@@H]1c1nc2ccccc2s1)NC(=O)Nc1ccccc1F. The zero-order valence-electron chi connectivity index (χ0n) is 15.8. The second kappa shape index (κ2) is 8.67. The number of carbonyl (C=O) groups is 2. The molecule has 6 nitrogen and oxygen atoms in total. The Morgan fingerprint density at radius 1 is 1.14 bits per heavy atom. The molecule has 1 aliphatic heterocycles. The van der Waals surface area contributed by atoms with Gasteiger partial charge in [0.1, 0.15) is 11.9 Å². The number of benzene rings is 2. The summed E-state index contributed by atoms with van der Waals surface area (Å²) in [7, 11) is 0. The Balaban J connectivity index is 1.40. The van der Waals surface area contributed by atoms with E-state index in [1.807, 2.05) is 18.2 Å². The van der Waals surface area contributed by atoms with E-state index in [1.54, 1.807) is 17.4 Å². The van der Waals surface area contributed by atoms with Gasteiger partial charge in [-0.2, -0.15) is 0 Å². The molecule has 0 radical (unpaired) electrons. The maximum atomic E-state index is 13.6. The Labute approximate surface area is 171 Å². The summed E-state index contributed by atoms with van der Waals surface area (Å²) in [5.74, 6) is -0.936. The summed E-state index contributed by atoms with van der Waals surface area (Å²) >= 11 is 1.67. The molecular formula is C21H22FN4O2S+. The van der Waals surface area contributed by atoms with Crippen LogP contribution in [0.4, 0.5) is 14.9 Å². The minimum atomic E-state index is -0.729. The van der Waals surface area contributed by atoms with Crippen molar-refractivity contribution < 1.29 is 18.9 Å². The fraction of sp³-hybridized carbons (Fsp3) is 0.286. The first kappa shape index (κ1) is 19.5. The zero-order valence-corrected chi connectivity index (χ0v) is 16.6. The third kappa shape index (κ3) is 4.60. The van der Waals surface area contributed by atoms with E-state index in [2.05, 4.69) is 16.7 Å². The van der Waals surface area contributed by atoms with Gasteiger partial charge in [0.15, 0.2) is 11.6 Å². The molecule has 8 heteroatoms. The molecule has 4 rings (SSSR count). The minimum absolute atomic E-state index is 0.0375. The predicted molar refractivity (Wildman–Crippen MR) is 110 cm³/mol. The van der Waals surface area contributed by atoms with Crippen LogP contribution in [0.3, 0.4) is 0 Å². The Kier molecular flexibility index (Phi) is 5.82. The molecule has 3 N–H and O–H groups in total. The summed E-state index contributed by atoms with van der Waals surface area (Å²) in [6.45, 7) is 1.02. The highest BCUT2D eigenvalue weighted by atomic mass is 32.1. The lowest BCUT2D eigenvalue weighted by Gasteiger charge is -2.30. The van der Waals surface area contributed by atoms with Crippen LogP contribution in [0.1, 0.15) is 30.3 Å². The number of carbonyl (C=O) groups excluding carboxylic acids is 2. The van der Waals surface area contributed by atoms with E-state index in [0.717, 1.165) is 45.9 Å². The number of nitrogens with zero attached hydrogens (tertiary/aromatic N) is 1. The van der Waals surface area contributed by atoms with E-state index in [4.69, 9.17) is 4.98 Å². The normalized spacial score (nSPS) is 19.1. The molecule has 150 valence electrons. The van der Waals surface area contributed by atoms with Crippen molar-refractivity contribution in [2.45, 2.75) is 25.3 Å². The lowest BCUT2D eigenvalue weighted by atomic mass is 10.0. The number of nitrogens with one attached hydrogen (secondary N) is 3. The zero-order chi connectivity index (χ0) is 20.2. The fourth-order valence-electron chi connectivity index (χ4n) is 3.72. The Morgan fingerprint density at radius 2 is 1.93 bits per heavy atom. The number of anilines is 1. The van der Waals surface area contributed by atoms with Crippen molar-refractivity contribution in [1.29, 1.82) is 0 Å². The summed E-state index contributed by atoms with van der Waals surface area (Å²) in [4.78, 5) is 30.4. The third-order valence-corrected chi connectivity index (χ3v) is 6.25. The Morgan fingerprint density at radius 3 is 2.76 bits per heavy atom. The Bertz CT molecular complexity index is 1010. The van der Waals surface area contributed by atoms with E-state index in [1.165, 1.54) is 18.2 Å². The molecule has 29 heavy (non-hydrogen) atoms. The molecule has 0 aliphatic carbocycles. The number of hydrogen-bond acceptors (Lipinski definition) is 4. The molecule has 1 saturated heterocycles. The van der Waals surface area contributed by atoms with Crippen LogP contribution in [0.25, 0.3) is 10.2 Å². The highest BCUT2D eigenvalue weighted by Gasteiger charge is 2.32. The number of fused-ring (bicyclic) bond motifs is 1. The first-order valence-electron chi connectivity index (χ1n) is 9.65. The molecule has 2 atom stereocenters. The van der Waals surface area contributed by atoms with Crippen molar-refractivity contribution in [3.8, 4) is 0 Å². The number of likely N-dealkylation sites (tertiary alicyclic amines) is 1. The predicted octanol–water partition coefficient (Wildman–Crippen LogP) is 2.89. The van der Waals surface area contributed by atoms with E-state index in [9.17, 15) is 14.0 Å². The highest BCUT2D eigenvalue weighted by Crippen LogP contribution is 2.28. The number of para-hydroxylation sites is 2. The molecule has 1 aliphatic rings. The number of hydrogen-bond donors (Lipinski definition) is 3. The van der Waals surface area contributed by atoms with Crippen LogP contribution in [-0.4, -0.2) is 30.0 Å². The summed E-state index contributed by atoms with van der Waals surface area (Å²) in [5, 5.41) is 5.71. The van der Waals surface area contributed by atoms with Crippen LogP contribution >= 0.6 is 11.3 Å². The van der Waals surface area contributed by atoms with Gasteiger partial charge in [0.2, 0.25) is 0 Å². The fourth-order valence-corrected chi connectivity index (χ4v) is 4.88. The van der Waals surface area contributed by atoms with Crippen molar-refractivity contribution in [2.24, 2.45) is 0 Å². The van der Waals surface area contributed by atoms with Gasteiger partial charge in [-0.05, 0) is 37.1 Å². The number of amides is 3. The molecule has 0 bridgehead atoms. The largest absolute Gasteiger partial charge is 0.326 e. The van der Waals surface area contributed by atoms with Gasteiger partial charge in [-0.25, -0.2) is 14.2 Å². The van der Waals surface area contributed by atoms with Crippen molar-refractivity contribution in [2.75, 3.05) is 18.4 Å². The Hall–Kier alpha value is -2.84. The maximum Gasteiger partial charge on any atom is 0.326 e. The number of quaternary nitrogens is 1. The van der Waals surface area contributed by atoms with Crippen molar-refractivity contribution in [3.05, 3.63) is 59.4 Å². The molecule has 1 fully saturated rings. The van der Waals surface area contributed by atoms with Crippen LogP contribution in [0, 0.1) is 5.82 Å². The molecule has 2 aromatic carbocycles. The van der Waals surface area contributed by atoms with E-state index >= 15 is 0 Å². The van der Waals surface area contributed by atoms with Gasteiger partial charge in [-0.1, -0.05) is 24.3 Å². The standard InChI is InChI=1S/C21H21FN4O2S/c22-14-7-1-2-8-15(14)24-21(28)25-19(27)13-26-12-6-5-10-17(26)20-23-16-9-3-4-11-18(16)29-20/h1-4,7-9,11,17H,5-6,10,12-13H2,(H2,24,25,27,28)/p+1/t17-/m1/s1. The van der Waals surface area contributed by atoms with Gasteiger partial charge in [0.25, 0.3) is 5.91 Å². The summed E-state index contributed by atoms with van der Waals surface area (Å²) in [6.07, 6.45) is 3.09. The van der Waals surface area contributed by atoms with Gasteiger partial charge in [0, 0.05) is 6.42 Å². The van der Waals surface area contributed by atoms with Gasteiger partial charge in [0.05, 0.1) is 22.4 Å². The van der Waals surface area contributed by atoms with Gasteiger partial charge < -0.3 is 10.2 Å². The molecule has 0 spiro atoms. The molecular weight excluding hydrogens is 391 g/mol. The van der Waals surface area contributed by atoms with Gasteiger partial charge >= 0.3 is 6.03 Å². The third-order valence-electron chi connectivity index (χ3n) is 5.10. The minimum Gasteiger partial charge on any atom is -0.319 e. The van der Waals surface area contributed by atoms with Crippen LogP contribution < -0.4 is 15.5 Å².